The van der Waals surface area contributed by atoms with E-state index in [0.717, 1.165) is 5.69 Å². The predicted octanol–water partition coefficient (Wildman–Crippen LogP) is 4.28. The summed E-state index contributed by atoms with van der Waals surface area (Å²) in [5.41, 5.74) is 0.777. The molecule has 5 heteroatoms. The highest BCUT2D eigenvalue weighted by molar-refractivity contribution is 6.42. The first kappa shape index (κ1) is 17.3. The maximum absolute atomic E-state index is 12.4. The Labute approximate surface area is 131 Å². The van der Waals surface area contributed by atoms with Crippen molar-refractivity contribution >= 4 is 34.8 Å². The highest BCUT2D eigenvalue weighted by Crippen LogP contribution is 2.30. The Bertz CT molecular complexity index is 467. The maximum Gasteiger partial charge on any atom is 0.228 e. The summed E-state index contributed by atoms with van der Waals surface area (Å²) in [7, 11) is 3.94. The van der Waals surface area contributed by atoms with E-state index in [1.807, 2.05) is 32.0 Å². The first-order chi connectivity index (χ1) is 9.29. The zero-order valence-electron chi connectivity index (χ0n) is 12.7. The van der Waals surface area contributed by atoms with E-state index in [2.05, 4.69) is 13.8 Å². The summed E-state index contributed by atoms with van der Waals surface area (Å²) < 4.78 is 0. The molecule has 0 aromatic heterocycles. The number of hydrogen-bond acceptors (Lipinski definition) is 2. The summed E-state index contributed by atoms with van der Waals surface area (Å²) in [4.78, 5) is 16.2. The number of anilines is 1. The average Bonchev–Trinajstić information content (AvgIpc) is 2.37. The van der Waals surface area contributed by atoms with Gasteiger partial charge < -0.3 is 0 Å². The second-order valence-electron chi connectivity index (χ2n) is 5.34. The van der Waals surface area contributed by atoms with Crippen molar-refractivity contribution in [3.05, 3.63) is 28.2 Å². The van der Waals surface area contributed by atoms with Gasteiger partial charge in [-0.15, -0.1) is 0 Å². The lowest BCUT2D eigenvalue weighted by atomic mass is 10.1. The Balaban J connectivity index is 3.30. The normalized spacial score (nSPS) is 12.8. The summed E-state index contributed by atoms with van der Waals surface area (Å²) in [5.74, 6) is 0.353. The third kappa shape index (κ3) is 3.87. The van der Waals surface area contributed by atoms with Gasteiger partial charge in [0, 0.05) is 12.1 Å². The molecule has 1 aromatic carbocycles. The van der Waals surface area contributed by atoms with E-state index in [-0.39, 0.29) is 18.0 Å². The second-order valence-corrected chi connectivity index (χ2v) is 6.15. The van der Waals surface area contributed by atoms with Crippen LogP contribution in [0.15, 0.2) is 18.2 Å². The SMILES string of the molecule is CCC(=O)N(c1ccc(Cl)c(Cl)c1)C(C(C)C)N(C)C. The smallest absolute Gasteiger partial charge is 0.228 e. The number of carbonyl (C=O) groups excluding carboxylic acids is 1. The van der Waals surface area contributed by atoms with Crippen LogP contribution in [0.3, 0.4) is 0 Å². The van der Waals surface area contributed by atoms with Crippen molar-refractivity contribution in [3.8, 4) is 0 Å². The first-order valence-electron chi connectivity index (χ1n) is 6.73. The molecule has 0 heterocycles. The molecule has 0 bridgehead atoms. The number of halogens is 2. The molecule has 3 nitrogen and oxygen atoms in total. The van der Waals surface area contributed by atoms with Crippen LogP contribution in [0.25, 0.3) is 0 Å². The van der Waals surface area contributed by atoms with E-state index < -0.39 is 0 Å². The Morgan fingerprint density at radius 3 is 2.20 bits per heavy atom. The standard InChI is InChI=1S/C15H22Cl2N2O/c1-6-14(20)19(15(10(2)3)18(4)5)11-7-8-12(16)13(17)9-11/h7-10,15H,6H2,1-5H3. The Hall–Kier alpha value is -0.770. The van der Waals surface area contributed by atoms with E-state index in [1.54, 1.807) is 17.0 Å². The van der Waals surface area contributed by atoms with Gasteiger partial charge in [-0.05, 0) is 38.2 Å². The molecule has 1 atom stereocenters. The molecule has 1 aromatic rings. The number of hydrogen-bond donors (Lipinski definition) is 0. The number of rotatable bonds is 5. The van der Waals surface area contributed by atoms with Gasteiger partial charge in [0.15, 0.2) is 0 Å². The number of amides is 1. The van der Waals surface area contributed by atoms with Crippen LogP contribution < -0.4 is 4.90 Å². The van der Waals surface area contributed by atoms with Crippen molar-refractivity contribution in [1.82, 2.24) is 4.90 Å². The molecule has 0 saturated carbocycles. The lowest BCUT2D eigenvalue weighted by molar-refractivity contribution is -0.119. The van der Waals surface area contributed by atoms with Crippen LogP contribution in [0.2, 0.25) is 10.0 Å². The zero-order valence-corrected chi connectivity index (χ0v) is 14.2. The van der Waals surface area contributed by atoms with Crippen molar-refractivity contribution < 1.29 is 4.79 Å². The minimum atomic E-state index is -0.0281. The predicted molar refractivity (Wildman–Crippen MR) is 86.6 cm³/mol. The molecular weight excluding hydrogens is 295 g/mol. The molecule has 112 valence electrons. The monoisotopic (exact) mass is 316 g/mol. The lowest BCUT2D eigenvalue weighted by Gasteiger charge is -2.38. The zero-order chi connectivity index (χ0) is 15.4. The Morgan fingerprint density at radius 1 is 1.20 bits per heavy atom. The molecule has 20 heavy (non-hydrogen) atoms. The molecule has 0 aliphatic heterocycles. The van der Waals surface area contributed by atoms with Crippen molar-refractivity contribution in [2.24, 2.45) is 5.92 Å². The van der Waals surface area contributed by atoms with Gasteiger partial charge in [0.25, 0.3) is 0 Å². The summed E-state index contributed by atoms with van der Waals surface area (Å²) >= 11 is 12.0. The summed E-state index contributed by atoms with van der Waals surface area (Å²) in [5, 5.41) is 0.949. The molecule has 0 spiro atoms. The van der Waals surface area contributed by atoms with Gasteiger partial charge in [-0.2, -0.15) is 0 Å². The van der Waals surface area contributed by atoms with Crippen LogP contribution in [0.4, 0.5) is 5.69 Å². The molecule has 0 fully saturated rings. The molecule has 0 saturated heterocycles. The third-order valence-corrected chi connectivity index (χ3v) is 3.88. The molecule has 1 unspecified atom stereocenters. The van der Waals surface area contributed by atoms with Crippen LogP contribution in [0.1, 0.15) is 27.2 Å². The van der Waals surface area contributed by atoms with Gasteiger partial charge >= 0.3 is 0 Å². The largest absolute Gasteiger partial charge is 0.296 e. The van der Waals surface area contributed by atoms with Crippen molar-refractivity contribution in [1.29, 1.82) is 0 Å². The van der Waals surface area contributed by atoms with Gasteiger partial charge in [-0.25, -0.2) is 0 Å². The summed E-state index contributed by atoms with van der Waals surface area (Å²) in [6.07, 6.45) is 0.414. The van der Waals surface area contributed by atoms with E-state index in [4.69, 9.17) is 23.2 Å². The minimum Gasteiger partial charge on any atom is -0.296 e. The van der Waals surface area contributed by atoms with E-state index in [9.17, 15) is 4.79 Å². The Morgan fingerprint density at radius 2 is 1.80 bits per heavy atom. The van der Waals surface area contributed by atoms with Crippen molar-refractivity contribution in [2.45, 2.75) is 33.4 Å². The van der Waals surface area contributed by atoms with Crippen molar-refractivity contribution in [3.63, 3.8) is 0 Å². The molecule has 0 aliphatic carbocycles. The number of carbonyl (C=O) groups is 1. The number of benzene rings is 1. The lowest BCUT2D eigenvalue weighted by Crippen LogP contribution is -2.51. The van der Waals surface area contributed by atoms with Crippen LogP contribution in [0.5, 0.6) is 0 Å². The second kappa shape index (κ2) is 7.30. The molecule has 1 amide bonds. The van der Waals surface area contributed by atoms with Gasteiger partial charge in [-0.1, -0.05) is 44.0 Å². The van der Waals surface area contributed by atoms with E-state index in [0.29, 0.717) is 16.5 Å². The van der Waals surface area contributed by atoms with Gasteiger partial charge in [-0.3, -0.25) is 14.6 Å². The molecule has 0 N–H and O–H groups in total. The number of nitrogens with zero attached hydrogens (tertiary/aromatic N) is 2. The molecule has 1 rings (SSSR count). The summed E-state index contributed by atoms with van der Waals surface area (Å²) in [6, 6.07) is 5.30. The molecular formula is C15H22Cl2N2O. The van der Waals surface area contributed by atoms with Crippen molar-refractivity contribution in [2.75, 3.05) is 19.0 Å². The van der Waals surface area contributed by atoms with Gasteiger partial charge in [0.2, 0.25) is 5.91 Å². The van der Waals surface area contributed by atoms with Crippen LogP contribution in [-0.2, 0) is 4.79 Å². The minimum absolute atomic E-state index is 0.0281. The maximum atomic E-state index is 12.4. The van der Waals surface area contributed by atoms with Gasteiger partial charge in [0.1, 0.15) is 0 Å². The Kier molecular flexibility index (Phi) is 6.31. The van der Waals surface area contributed by atoms with E-state index in [1.165, 1.54) is 0 Å². The van der Waals surface area contributed by atoms with E-state index >= 15 is 0 Å². The van der Waals surface area contributed by atoms with Crippen LogP contribution in [-0.4, -0.2) is 31.1 Å². The van der Waals surface area contributed by atoms with Crippen LogP contribution >= 0.6 is 23.2 Å². The van der Waals surface area contributed by atoms with Gasteiger partial charge in [0.05, 0.1) is 16.2 Å². The molecule has 0 radical (unpaired) electrons. The molecule has 0 aliphatic rings. The highest BCUT2D eigenvalue weighted by Gasteiger charge is 2.28. The fraction of sp³-hybridized carbons (Fsp3) is 0.533. The summed E-state index contributed by atoms with van der Waals surface area (Å²) in [6.45, 7) is 6.05. The fourth-order valence-corrected chi connectivity index (χ4v) is 2.67. The average molecular weight is 317 g/mol. The van der Waals surface area contributed by atoms with Crippen LogP contribution in [0, 0.1) is 5.92 Å². The first-order valence-corrected chi connectivity index (χ1v) is 7.48. The fourth-order valence-electron chi connectivity index (χ4n) is 2.37. The third-order valence-electron chi connectivity index (χ3n) is 3.14. The topological polar surface area (TPSA) is 23.6 Å². The highest BCUT2D eigenvalue weighted by atomic mass is 35.5. The quantitative estimate of drug-likeness (QED) is 0.757.